The Hall–Kier alpha value is -2.27. The average Bonchev–Trinajstić information content (AvgIpc) is 3.05. The number of benzene rings is 1. The van der Waals surface area contributed by atoms with E-state index >= 15 is 0 Å². The molecule has 0 bridgehead atoms. The maximum Gasteiger partial charge on any atom is 0.293 e. The summed E-state index contributed by atoms with van der Waals surface area (Å²) in [5.41, 5.74) is 4.53. The molecule has 3 rings (SSSR count). The van der Waals surface area contributed by atoms with Gasteiger partial charge in [0.25, 0.3) is 11.1 Å². The van der Waals surface area contributed by atoms with Crippen LogP contribution in [0.15, 0.2) is 41.3 Å². The second-order valence-electron chi connectivity index (χ2n) is 6.49. The minimum atomic E-state index is -0.172. The third kappa shape index (κ3) is 3.78. The molecule has 0 saturated carbocycles. The van der Waals surface area contributed by atoms with Gasteiger partial charge in [0.05, 0.1) is 4.91 Å². The maximum atomic E-state index is 12.6. The van der Waals surface area contributed by atoms with Gasteiger partial charge in [0.15, 0.2) is 0 Å². The minimum Gasteiger partial charge on any atom is -0.349 e. The molecule has 0 aliphatic carbocycles. The number of carbonyl (C=O) groups excluding carboxylic acids is 2. The first-order valence-corrected chi connectivity index (χ1v) is 9.79. The minimum absolute atomic E-state index is 0.168. The van der Waals surface area contributed by atoms with Crippen molar-refractivity contribution in [3.8, 4) is 0 Å². The lowest BCUT2D eigenvalue weighted by Crippen LogP contribution is -2.29. The molecule has 2 aromatic rings. The van der Waals surface area contributed by atoms with Gasteiger partial charge in [0, 0.05) is 24.5 Å². The fraction of sp³-hybridized carbons (Fsp3) is 0.333. The Morgan fingerprint density at radius 3 is 2.50 bits per heavy atom. The summed E-state index contributed by atoms with van der Waals surface area (Å²) in [6.07, 6.45) is 3.50. The first-order valence-electron chi connectivity index (χ1n) is 8.97. The number of amides is 2. The third-order valence-corrected chi connectivity index (χ3v) is 5.69. The average molecular weight is 369 g/mol. The quantitative estimate of drug-likeness (QED) is 0.688. The molecule has 2 amide bonds. The van der Waals surface area contributed by atoms with Crippen LogP contribution in [0.3, 0.4) is 0 Å². The van der Waals surface area contributed by atoms with Crippen LogP contribution in [-0.2, 0) is 17.8 Å². The van der Waals surface area contributed by atoms with Gasteiger partial charge in [-0.25, -0.2) is 0 Å². The largest absolute Gasteiger partial charge is 0.349 e. The van der Waals surface area contributed by atoms with Crippen molar-refractivity contribution in [2.24, 2.45) is 0 Å². The van der Waals surface area contributed by atoms with Crippen molar-refractivity contribution < 1.29 is 9.59 Å². The highest BCUT2D eigenvalue weighted by atomic mass is 32.2. The van der Waals surface area contributed by atoms with Gasteiger partial charge in [-0.3, -0.25) is 14.5 Å². The number of hydrogen-bond donors (Lipinski definition) is 0. The zero-order valence-electron chi connectivity index (χ0n) is 15.5. The van der Waals surface area contributed by atoms with Crippen LogP contribution in [0, 0.1) is 13.8 Å². The standard InChI is InChI=1S/C21H24N2O2S/c1-4-22-15(2)13-18(16(22)3)14-19-20(24)23(21(25)26-19)12-8-11-17-9-6-5-7-10-17/h5-7,9-10,13-14H,4,8,11-12H2,1-3H3/b19-14+. The second kappa shape index (κ2) is 7.96. The molecule has 0 spiro atoms. The first-order chi connectivity index (χ1) is 12.5. The van der Waals surface area contributed by atoms with Crippen LogP contribution in [0.4, 0.5) is 4.79 Å². The summed E-state index contributed by atoms with van der Waals surface area (Å²) in [5, 5.41) is -0.168. The zero-order valence-corrected chi connectivity index (χ0v) is 16.3. The topological polar surface area (TPSA) is 42.3 Å². The Labute approximate surface area is 158 Å². The van der Waals surface area contributed by atoms with Gasteiger partial charge < -0.3 is 4.57 Å². The lowest BCUT2D eigenvalue weighted by molar-refractivity contribution is -0.122. The SMILES string of the molecule is CCn1c(C)cc(/C=C2/SC(=O)N(CCCc3ccccc3)C2=O)c1C. The molecule has 1 aliphatic heterocycles. The molecule has 5 heteroatoms. The summed E-state index contributed by atoms with van der Waals surface area (Å²) in [4.78, 5) is 26.8. The summed E-state index contributed by atoms with van der Waals surface area (Å²) in [7, 11) is 0. The summed E-state index contributed by atoms with van der Waals surface area (Å²) >= 11 is 1.04. The smallest absolute Gasteiger partial charge is 0.293 e. The molecule has 0 radical (unpaired) electrons. The van der Waals surface area contributed by atoms with E-state index in [1.54, 1.807) is 0 Å². The van der Waals surface area contributed by atoms with Crippen molar-refractivity contribution in [1.82, 2.24) is 9.47 Å². The fourth-order valence-electron chi connectivity index (χ4n) is 3.38. The highest BCUT2D eigenvalue weighted by Gasteiger charge is 2.34. The third-order valence-electron chi connectivity index (χ3n) is 4.78. The normalized spacial score (nSPS) is 16.1. The van der Waals surface area contributed by atoms with Crippen LogP contribution >= 0.6 is 11.8 Å². The van der Waals surface area contributed by atoms with E-state index in [2.05, 4.69) is 36.6 Å². The molecule has 136 valence electrons. The van der Waals surface area contributed by atoms with Crippen molar-refractivity contribution >= 4 is 29.0 Å². The zero-order chi connectivity index (χ0) is 18.7. The highest BCUT2D eigenvalue weighted by Crippen LogP contribution is 2.33. The highest BCUT2D eigenvalue weighted by molar-refractivity contribution is 8.18. The lowest BCUT2D eigenvalue weighted by Gasteiger charge is -2.12. The van der Waals surface area contributed by atoms with Gasteiger partial charge >= 0.3 is 0 Å². The molecule has 0 N–H and O–H groups in total. The van der Waals surface area contributed by atoms with Crippen molar-refractivity contribution in [2.45, 2.75) is 40.2 Å². The van der Waals surface area contributed by atoms with Gasteiger partial charge in [-0.2, -0.15) is 0 Å². The fourth-order valence-corrected chi connectivity index (χ4v) is 4.24. The van der Waals surface area contributed by atoms with E-state index in [-0.39, 0.29) is 11.1 Å². The Balaban J connectivity index is 1.68. The van der Waals surface area contributed by atoms with Crippen molar-refractivity contribution in [1.29, 1.82) is 0 Å². The van der Waals surface area contributed by atoms with Gasteiger partial charge in [-0.05, 0) is 68.6 Å². The molecule has 1 aromatic carbocycles. The molecule has 1 aliphatic rings. The number of carbonyl (C=O) groups is 2. The number of hydrogen-bond acceptors (Lipinski definition) is 3. The molecular weight excluding hydrogens is 344 g/mol. The maximum absolute atomic E-state index is 12.6. The number of aromatic nitrogens is 1. The van der Waals surface area contributed by atoms with Gasteiger partial charge in [-0.15, -0.1) is 0 Å². The monoisotopic (exact) mass is 368 g/mol. The molecule has 1 fully saturated rings. The van der Waals surface area contributed by atoms with Crippen LogP contribution in [0.25, 0.3) is 6.08 Å². The van der Waals surface area contributed by atoms with Crippen molar-refractivity contribution in [3.63, 3.8) is 0 Å². The molecule has 0 unspecified atom stereocenters. The molecule has 26 heavy (non-hydrogen) atoms. The number of rotatable bonds is 6. The van der Waals surface area contributed by atoms with E-state index in [0.717, 1.165) is 42.4 Å². The molecule has 2 heterocycles. The Bertz CT molecular complexity index is 852. The first kappa shape index (κ1) is 18.5. The number of imide groups is 1. The van der Waals surface area contributed by atoms with Crippen LogP contribution in [0.5, 0.6) is 0 Å². The Morgan fingerprint density at radius 1 is 1.12 bits per heavy atom. The van der Waals surface area contributed by atoms with E-state index in [0.29, 0.717) is 11.4 Å². The molecule has 1 saturated heterocycles. The van der Waals surface area contributed by atoms with E-state index in [1.807, 2.05) is 31.2 Å². The van der Waals surface area contributed by atoms with E-state index in [9.17, 15) is 9.59 Å². The van der Waals surface area contributed by atoms with E-state index < -0.39 is 0 Å². The summed E-state index contributed by atoms with van der Waals surface area (Å²) in [6.45, 7) is 7.57. The van der Waals surface area contributed by atoms with E-state index in [4.69, 9.17) is 0 Å². The van der Waals surface area contributed by atoms with Crippen molar-refractivity contribution in [2.75, 3.05) is 6.54 Å². The number of nitrogens with zero attached hydrogens (tertiary/aromatic N) is 2. The summed E-state index contributed by atoms with van der Waals surface area (Å²) in [6, 6.07) is 12.2. The van der Waals surface area contributed by atoms with Crippen LogP contribution < -0.4 is 0 Å². The Kier molecular flexibility index (Phi) is 5.67. The van der Waals surface area contributed by atoms with Gasteiger partial charge in [0.1, 0.15) is 0 Å². The summed E-state index contributed by atoms with van der Waals surface area (Å²) in [5.74, 6) is -0.172. The lowest BCUT2D eigenvalue weighted by atomic mass is 10.1. The number of thioether (sulfide) groups is 1. The van der Waals surface area contributed by atoms with E-state index in [1.165, 1.54) is 16.2 Å². The van der Waals surface area contributed by atoms with Crippen molar-refractivity contribution in [3.05, 3.63) is 63.8 Å². The molecular formula is C21H24N2O2S. The second-order valence-corrected chi connectivity index (χ2v) is 7.49. The van der Waals surface area contributed by atoms with Crippen LogP contribution in [0.2, 0.25) is 0 Å². The molecule has 0 atom stereocenters. The van der Waals surface area contributed by atoms with Crippen LogP contribution in [-0.4, -0.2) is 27.2 Å². The molecule has 1 aromatic heterocycles. The summed E-state index contributed by atoms with van der Waals surface area (Å²) < 4.78 is 2.20. The predicted molar refractivity (Wildman–Crippen MR) is 107 cm³/mol. The Morgan fingerprint density at radius 2 is 1.85 bits per heavy atom. The molecule has 4 nitrogen and oxygen atoms in total. The van der Waals surface area contributed by atoms with Crippen LogP contribution in [0.1, 0.15) is 35.9 Å². The van der Waals surface area contributed by atoms with Gasteiger partial charge in [-0.1, -0.05) is 30.3 Å². The predicted octanol–water partition coefficient (Wildman–Crippen LogP) is 4.79. The number of aryl methyl sites for hydroxylation is 2. The van der Waals surface area contributed by atoms with Gasteiger partial charge in [0.2, 0.25) is 0 Å².